The molecule has 0 aromatic heterocycles. The summed E-state index contributed by atoms with van der Waals surface area (Å²) in [6.07, 6.45) is 0. The van der Waals surface area contributed by atoms with Crippen LogP contribution in [0.5, 0.6) is 0 Å². The minimum absolute atomic E-state index is 0. The molecule has 3 heteroatoms. The molecule has 0 saturated heterocycles. The van der Waals surface area contributed by atoms with Crippen LogP contribution in [-0.4, -0.2) is 14.5 Å². The number of nitrogens with zero attached hydrogens (tertiary/aromatic N) is 1. The summed E-state index contributed by atoms with van der Waals surface area (Å²) >= 11 is 0. The van der Waals surface area contributed by atoms with E-state index in [1.807, 2.05) is 0 Å². The maximum Gasteiger partial charge on any atom is 3.00 e. The maximum atomic E-state index is 4.51. The van der Waals surface area contributed by atoms with Gasteiger partial charge in [-0.25, -0.2) is 0 Å². The predicted molar refractivity (Wildman–Crippen MR) is 99.1 cm³/mol. The summed E-state index contributed by atoms with van der Waals surface area (Å²) in [6.45, 7) is 21.8. The van der Waals surface area contributed by atoms with Gasteiger partial charge in [0, 0.05) is 5.92 Å². The van der Waals surface area contributed by atoms with E-state index in [0.717, 1.165) is 0 Å². The van der Waals surface area contributed by atoms with E-state index in [-0.39, 0.29) is 55.6 Å². The molecule has 0 heterocycles. The Morgan fingerprint density at radius 3 is 1.05 bits per heavy atom. The van der Waals surface area contributed by atoms with Crippen LogP contribution in [0.3, 0.4) is 0 Å². The van der Waals surface area contributed by atoms with E-state index in [2.05, 4.69) is 73.5 Å². The van der Waals surface area contributed by atoms with Gasteiger partial charge in [-0.1, -0.05) is 60.9 Å². The molecule has 121 valence electrons. The second-order valence-corrected chi connectivity index (χ2v) is 8.47. The second-order valence-electron chi connectivity index (χ2n) is 6.35. The van der Waals surface area contributed by atoms with Crippen molar-refractivity contribution < 1.29 is 26.2 Å². The van der Waals surface area contributed by atoms with Crippen LogP contribution in [0.4, 0.5) is 0 Å². The van der Waals surface area contributed by atoms with E-state index in [0.29, 0.717) is 0 Å². The average molecular weight is 386 g/mol. The third-order valence-corrected chi connectivity index (χ3v) is 4.49. The first kappa shape index (κ1) is 29.5. The van der Waals surface area contributed by atoms with Crippen molar-refractivity contribution in [1.29, 1.82) is 0 Å². The van der Waals surface area contributed by atoms with Crippen LogP contribution in [0.1, 0.15) is 55.4 Å². The van der Waals surface area contributed by atoms with Crippen LogP contribution >= 0.6 is 0 Å². The predicted octanol–water partition coefficient (Wildman–Crippen LogP) is 6.57. The molecule has 0 amide bonds. The van der Waals surface area contributed by atoms with Crippen molar-refractivity contribution in [3.63, 3.8) is 0 Å². The topological polar surface area (TPSA) is 14.1 Å². The van der Waals surface area contributed by atoms with E-state index in [1.165, 1.54) is 28.2 Å². The molecule has 0 N–H and O–H groups in total. The van der Waals surface area contributed by atoms with Crippen LogP contribution in [0, 0.1) is 20.8 Å². The third-order valence-electron chi connectivity index (χ3n) is 3.37. The Morgan fingerprint density at radius 1 is 0.714 bits per heavy atom. The molecule has 3 radical (unpaired) electrons. The number of hydrogen-bond donors (Lipinski definition) is 0. The van der Waals surface area contributed by atoms with Crippen LogP contribution in [0.2, 0.25) is 13.1 Å². The van der Waals surface area contributed by atoms with Gasteiger partial charge < -0.3 is 19.8 Å². The van der Waals surface area contributed by atoms with Crippen molar-refractivity contribution in [3.05, 3.63) is 48.0 Å². The molecule has 0 bridgehead atoms. The Morgan fingerprint density at radius 2 is 1.00 bits per heavy atom. The molecule has 0 spiro atoms. The van der Waals surface area contributed by atoms with Gasteiger partial charge in [-0.15, -0.1) is 5.54 Å². The van der Waals surface area contributed by atoms with Crippen molar-refractivity contribution >= 4 is 8.96 Å². The first-order valence-corrected chi connectivity index (χ1v) is 9.14. The largest absolute Gasteiger partial charge is 3.00 e. The van der Waals surface area contributed by atoms with Crippen LogP contribution in [0.25, 0.3) is 4.98 Å². The van der Waals surface area contributed by atoms with Crippen molar-refractivity contribution in [2.24, 2.45) is 0 Å². The van der Waals surface area contributed by atoms with Crippen molar-refractivity contribution in [2.75, 3.05) is 0 Å². The van der Waals surface area contributed by atoms with Gasteiger partial charge >= 0.3 is 26.2 Å². The molecule has 1 nitrogen and oxygen atoms in total. The Kier molecular flexibility index (Phi) is 16.9. The molecular formula is C18H36NSiZr. The summed E-state index contributed by atoms with van der Waals surface area (Å²) in [6, 6.07) is 0. The first-order valence-electron chi connectivity index (χ1n) is 6.70. The second kappa shape index (κ2) is 12.0. The Bertz CT molecular complexity index is 325. The first-order chi connectivity index (χ1) is 7.97. The Hall–Kier alpha value is 0.540. The molecule has 1 rings (SSSR count). The average Bonchev–Trinajstić information content (AvgIpc) is 2.34. The molecule has 1 aliphatic rings. The van der Waals surface area contributed by atoms with E-state index in [4.69, 9.17) is 0 Å². The van der Waals surface area contributed by atoms with Gasteiger partial charge in [-0.2, -0.15) is 0 Å². The zero-order valence-corrected chi connectivity index (χ0v) is 19.9. The summed E-state index contributed by atoms with van der Waals surface area (Å²) in [5, 5.41) is 0. The number of hydrogen-bond acceptors (Lipinski definition) is 0. The van der Waals surface area contributed by atoms with Crippen molar-refractivity contribution in [1.82, 2.24) is 0 Å². The summed E-state index contributed by atoms with van der Waals surface area (Å²) in [7, 11) is -0.367. The third kappa shape index (κ3) is 10.8. The van der Waals surface area contributed by atoms with Gasteiger partial charge in [0.1, 0.15) is 0 Å². The fourth-order valence-electron chi connectivity index (χ4n) is 2.08. The molecule has 0 atom stereocenters. The number of allylic oxidation sites excluding steroid dienone is 4. The smallest absolute Gasteiger partial charge is 0.663 e. The number of rotatable bonds is 1. The monoisotopic (exact) mass is 384 g/mol. The van der Waals surface area contributed by atoms with Crippen LogP contribution in [0.15, 0.2) is 22.3 Å². The zero-order valence-electron chi connectivity index (χ0n) is 16.4. The fraction of sp³-hybridized carbons (Fsp3) is 0.611. The minimum atomic E-state index is -0.367. The van der Waals surface area contributed by atoms with Gasteiger partial charge in [0.25, 0.3) is 0 Å². The molecular weight excluding hydrogens is 350 g/mol. The summed E-state index contributed by atoms with van der Waals surface area (Å²) in [5.41, 5.74) is 6.06. The standard InChI is InChI=1S/C10H15.C6H15NSi.2CH3.Zr/c1-6-7(2)9(4)10(5)8(6)3;1-6(2,3)7-8(4)5;;;/h1-5H3;1-5H3;2*1H3;/q;3*-1;+3. The van der Waals surface area contributed by atoms with Crippen LogP contribution < -0.4 is 0 Å². The SMILES string of the molecule is C[C]1C(C)=C(C)C(C)=C1C.C[Si](C)[N-]C(C)(C)C.[CH3-].[CH3-].[Zr+3]. The quantitative estimate of drug-likeness (QED) is 0.358. The molecule has 0 fully saturated rings. The Balaban J connectivity index is -0.000000123. The van der Waals surface area contributed by atoms with Gasteiger partial charge in [0.15, 0.2) is 0 Å². The molecule has 0 unspecified atom stereocenters. The van der Waals surface area contributed by atoms with Crippen LogP contribution in [-0.2, 0) is 26.2 Å². The van der Waals surface area contributed by atoms with Crippen molar-refractivity contribution in [2.45, 2.75) is 74.0 Å². The molecule has 0 saturated carbocycles. The van der Waals surface area contributed by atoms with E-state index in [1.54, 1.807) is 0 Å². The minimum Gasteiger partial charge on any atom is -0.663 e. The van der Waals surface area contributed by atoms with Gasteiger partial charge in [0.05, 0.1) is 0 Å². The molecule has 1 aliphatic carbocycles. The summed E-state index contributed by atoms with van der Waals surface area (Å²) in [4.78, 5) is 4.51. The van der Waals surface area contributed by atoms with E-state index >= 15 is 0 Å². The van der Waals surface area contributed by atoms with E-state index < -0.39 is 0 Å². The van der Waals surface area contributed by atoms with Crippen molar-refractivity contribution in [3.8, 4) is 0 Å². The molecule has 0 aromatic carbocycles. The van der Waals surface area contributed by atoms with Gasteiger partial charge in [-0.05, 0) is 38.8 Å². The fourth-order valence-corrected chi connectivity index (χ4v) is 3.42. The maximum absolute atomic E-state index is 4.51. The van der Waals surface area contributed by atoms with Gasteiger partial charge in [0.2, 0.25) is 0 Å². The Labute approximate surface area is 156 Å². The zero-order chi connectivity index (χ0) is 14.7. The summed E-state index contributed by atoms with van der Waals surface area (Å²) in [5.74, 6) is 1.47. The molecule has 0 aliphatic heterocycles. The molecule has 21 heavy (non-hydrogen) atoms. The summed E-state index contributed by atoms with van der Waals surface area (Å²) < 4.78 is 0. The van der Waals surface area contributed by atoms with E-state index in [9.17, 15) is 0 Å². The normalized spacial score (nSPS) is 15.0. The van der Waals surface area contributed by atoms with Gasteiger partial charge in [-0.3, -0.25) is 0 Å². The molecule has 0 aromatic rings.